The molecule has 0 bridgehead atoms. The van der Waals surface area contributed by atoms with E-state index in [4.69, 9.17) is 9.47 Å². The van der Waals surface area contributed by atoms with Crippen LogP contribution in [0.5, 0.6) is 11.5 Å². The summed E-state index contributed by atoms with van der Waals surface area (Å²) in [6, 6.07) is 23.6. The summed E-state index contributed by atoms with van der Waals surface area (Å²) in [6.45, 7) is 3.15. The van der Waals surface area contributed by atoms with Crippen molar-refractivity contribution in [2.45, 2.75) is 33.0 Å². The van der Waals surface area contributed by atoms with Crippen molar-refractivity contribution in [1.29, 1.82) is 0 Å². The van der Waals surface area contributed by atoms with Gasteiger partial charge in [-0.2, -0.15) is 0 Å². The van der Waals surface area contributed by atoms with E-state index in [9.17, 15) is 4.79 Å². The van der Waals surface area contributed by atoms with Gasteiger partial charge >= 0.3 is 0 Å². The first-order chi connectivity index (χ1) is 15.7. The van der Waals surface area contributed by atoms with E-state index in [1.807, 2.05) is 84.3 Å². The minimum Gasteiger partial charge on any atom is -0.493 e. The van der Waals surface area contributed by atoms with E-state index in [0.29, 0.717) is 24.7 Å². The summed E-state index contributed by atoms with van der Waals surface area (Å²) in [5.41, 5.74) is 3.91. The number of amides is 1. The van der Waals surface area contributed by atoms with Gasteiger partial charge < -0.3 is 19.4 Å². The van der Waals surface area contributed by atoms with Crippen LogP contribution in [0.15, 0.2) is 72.8 Å². The second-order valence-electron chi connectivity index (χ2n) is 7.49. The SMILES string of the molecule is CCc1nc2ccccc2n1CC(=O)NCc1ccc(OCc2ccccc2)c(OC)c1. The molecule has 0 saturated carbocycles. The predicted octanol–water partition coefficient (Wildman–Crippen LogP) is 4.50. The third-order valence-corrected chi connectivity index (χ3v) is 5.31. The molecule has 0 spiro atoms. The highest BCUT2D eigenvalue weighted by Gasteiger charge is 2.13. The van der Waals surface area contributed by atoms with Gasteiger partial charge in [0.25, 0.3) is 0 Å². The molecule has 0 saturated heterocycles. The summed E-state index contributed by atoms with van der Waals surface area (Å²) in [4.78, 5) is 17.3. The molecule has 1 amide bonds. The van der Waals surface area contributed by atoms with Crippen LogP contribution in [0.3, 0.4) is 0 Å². The van der Waals surface area contributed by atoms with Gasteiger partial charge in [0.1, 0.15) is 19.0 Å². The highest BCUT2D eigenvalue weighted by molar-refractivity contribution is 5.81. The molecule has 3 aromatic carbocycles. The van der Waals surface area contributed by atoms with Crippen LogP contribution in [0.1, 0.15) is 23.9 Å². The second kappa shape index (κ2) is 10.0. The molecule has 32 heavy (non-hydrogen) atoms. The van der Waals surface area contributed by atoms with Crippen molar-refractivity contribution in [3.8, 4) is 11.5 Å². The number of hydrogen-bond acceptors (Lipinski definition) is 4. The van der Waals surface area contributed by atoms with E-state index in [2.05, 4.69) is 10.3 Å². The maximum absolute atomic E-state index is 12.7. The highest BCUT2D eigenvalue weighted by atomic mass is 16.5. The van der Waals surface area contributed by atoms with Crippen molar-refractivity contribution in [3.05, 3.63) is 89.7 Å². The smallest absolute Gasteiger partial charge is 0.240 e. The van der Waals surface area contributed by atoms with Crippen molar-refractivity contribution < 1.29 is 14.3 Å². The number of carbonyl (C=O) groups excluding carboxylic acids is 1. The van der Waals surface area contributed by atoms with E-state index in [-0.39, 0.29) is 12.5 Å². The van der Waals surface area contributed by atoms with Gasteiger partial charge in [0, 0.05) is 13.0 Å². The van der Waals surface area contributed by atoms with Gasteiger partial charge in [-0.05, 0) is 35.4 Å². The lowest BCUT2D eigenvalue weighted by atomic mass is 10.2. The average Bonchev–Trinajstić information content (AvgIpc) is 3.19. The number of nitrogens with zero attached hydrogens (tertiary/aromatic N) is 2. The molecule has 0 atom stereocenters. The lowest BCUT2D eigenvalue weighted by Crippen LogP contribution is -2.27. The molecule has 1 heterocycles. The number of methoxy groups -OCH3 is 1. The molecule has 0 radical (unpaired) electrons. The zero-order valence-electron chi connectivity index (χ0n) is 18.4. The van der Waals surface area contributed by atoms with Crippen molar-refractivity contribution in [2.75, 3.05) is 7.11 Å². The fraction of sp³-hybridized carbons (Fsp3) is 0.231. The number of fused-ring (bicyclic) bond motifs is 1. The van der Waals surface area contributed by atoms with Gasteiger partial charge in [0.15, 0.2) is 11.5 Å². The summed E-state index contributed by atoms with van der Waals surface area (Å²) in [6.07, 6.45) is 0.767. The van der Waals surface area contributed by atoms with Crippen LogP contribution < -0.4 is 14.8 Å². The molecule has 164 valence electrons. The number of imidazole rings is 1. The molecular formula is C26H27N3O3. The number of benzene rings is 3. The number of para-hydroxylation sites is 2. The zero-order chi connectivity index (χ0) is 22.3. The van der Waals surface area contributed by atoms with Crippen molar-refractivity contribution in [2.24, 2.45) is 0 Å². The summed E-state index contributed by atoms with van der Waals surface area (Å²) in [7, 11) is 1.61. The standard InChI is InChI=1S/C26H27N3O3/c1-3-25-28-21-11-7-8-12-22(21)29(25)17-26(30)27-16-20-13-14-23(24(15-20)31-2)32-18-19-9-5-4-6-10-19/h4-15H,3,16-18H2,1-2H3,(H,27,30). The fourth-order valence-corrected chi connectivity index (χ4v) is 3.65. The Bertz CT molecular complexity index is 1200. The van der Waals surface area contributed by atoms with E-state index in [1.165, 1.54) is 0 Å². The van der Waals surface area contributed by atoms with E-state index in [0.717, 1.165) is 34.4 Å². The Hall–Kier alpha value is -3.80. The summed E-state index contributed by atoms with van der Waals surface area (Å²) >= 11 is 0. The Morgan fingerprint density at radius 3 is 2.53 bits per heavy atom. The summed E-state index contributed by atoms with van der Waals surface area (Å²) in [5.74, 6) is 2.15. The maximum Gasteiger partial charge on any atom is 0.240 e. The van der Waals surface area contributed by atoms with Gasteiger partial charge in [0.05, 0.1) is 18.1 Å². The van der Waals surface area contributed by atoms with E-state index < -0.39 is 0 Å². The van der Waals surface area contributed by atoms with Crippen LogP contribution in [0, 0.1) is 0 Å². The summed E-state index contributed by atoms with van der Waals surface area (Å²) in [5, 5.41) is 3.00. The molecule has 0 aliphatic rings. The molecule has 1 N–H and O–H groups in total. The minimum absolute atomic E-state index is 0.0637. The van der Waals surface area contributed by atoms with Crippen LogP contribution in [-0.4, -0.2) is 22.6 Å². The topological polar surface area (TPSA) is 65.4 Å². The normalized spacial score (nSPS) is 10.8. The molecular weight excluding hydrogens is 402 g/mol. The Kier molecular flexibility index (Phi) is 6.70. The van der Waals surface area contributed by atoms with E-state index in [1.54, 1.807) is 7.11 Å². The quantitative estimate of drug-likeness (QED) is 0.425. The van der Waals surface area contributed by atoms with Gasteiger partial charge in [0.2, 0.25) is 5.91 Å². The number of hydrogen-bond donors (Lipinski definition) is 1. The molecule has 4 aromatic rings. The monoisotopic (exact) mass is 429 g/mol. The van der Waals surface area contributed by atoms with Gasteiger partial charge in [-0.15, -0.1) is 0 Å². The van der Waals surface area contributed by atoms with Gasteiger partial charge in [-0.1, -0.05) is 55.5 Å². The first-order valence-corrected chi connectivity index (χ1v) is 10.7. The van der Waals surface area contributed by atoms with Crippen molar-refractivity contribution in [3.63, 3.8) is 0 Å². The Morgan fingerprint density at radius 2 is 1.75 bits per heavy atom. The lowest BCUT2D eigenvalue weighted by Gasteiger charge is -2.13. The fourth-order valence-electron chi connectivity index (χ4n) is 3.65. The third kappa shape index (κ3) is 4.91. The van der Waals surface area contributed by atoms with Crippen LogP contribution in [-0.2, 0) is 30.9 Å². The highest BCUT2D eigenvalue weighted by Crippen LogP contribution is 2.29. The summed E-state index contributed by atoms with van der Waals surface area (Å²) < 4.78 is 13.4. The van der Waals surface area contributed by atoms with Crippen LogP contribution in [0.4, 0.5) is 0 Å². The lowest BCUT2D eigenvalue weighted by molar-refractivity contribution is -0.121. The average molecular weight is 430 g/mol. The van der Waals surface area contributed by atoms with Crippen LogP contribution in [0.25, 0.3) is 11.0 Å². The Morgan fingerprint density at radius 1 is 0.969 bits per heavy atom. The molecule has 0 aliphatic carbocycles. The number of aromatic nitrogens is 2. The van der Waals surface area contributed by atoms with Crippen molar-refractivity contribution in [1.82, 2.24) is 14.9 Å². The molecule has 6 nitrogen and oxygen atoms in total. The number of rotatable bonds is 9. The Labute approximate surface area is 187 Å². The first-order valence-electron chi connectivity index (χ1n) is 10.7. The maximum atomic E-state index is 12.7. The molecule has 0 unspecified atom stereocenters. The van der Waals surface area contributed by atoms with Crippen LogP contribution in [0.2, 0.25) is 0 Å². The molecule has 0 fully saturated rings. The Balaban J connectivity index is 1.39. The number of carbonyl (C=O) groups is 1. The minimum atomic E-state index is -0.0637. The molecule has 4 rings (SSSR count). The molecule has 6 heteroatoms. The van der Waals surface area contributed by atoms with Gasteiger partial charge in [-0.3, -0.25) is 4.79 Å². The number of aryl methyl sites for hydroxylation is 1. The molecule has 1 aromatic heterocycles. The number of nitrogens with one attached hydrogen (secondary N) is 1. The van der Waals surface area contributed by atoms with Crippen LogP contribution >= 0.6 is 0 Å². The first kappa shape index (κ1) is 21.4. The zero-order valence-corrected chi connectivity index (χ0v) is 18.4. The largest absolute Gasteiger partial charge is 0.493 e. The van der Waals surface area contributed by atoms with Gasteiger partial charge in [-0.25, -0.2) is 4.98 Å². The molecule has 0 aliphatic heterocycles. The number of ether oxygens (including phenoxy) is 2. The second-order valence-corrected chi connectivity index (χ2v) is 7.49. The predicted molar refractivity (Wildman–Crippen MR) is 125 cm³/mol. The van der Waals surface area contributed by atoms with Crippen molar-refractivity contribution >= 4 is 16.9 Å². The van der Waals surface area contributed by atoms with E-state index >= 15 is 0 Å². The third-order valence-electron chi connectivity index (χ3n) is 5.31.